The minimum absolute atomic E-state index is 0.966. The molecule has 0 fully saturated rings. The molecule has 15 rings (SSSR count). The Balaban J connectivity index is 1.13. The van der Waals surface area contributed by atoms with Gasteiger partial charge in [0.1, 0.15) is 0 Å². The molecule has 15 aromatic rings. The van der Waals surface area contributed by atoms with E-state index >= 15 is 0 Å². The predicted octanol–water partition coefficient (Wildman–Crippen LogP) is 18.6. The highest BCUT2D eigenvalue weighted by Crippen LogP contribution is 2.56. The van der Waals surface area contributed by atoms with E-state index in [-0.39, 0.29) is 0 Å². The fourth-order valence-corrected chi connectivity index (χ4v) is 12.2. The van der Waals surface area contributed by atoms with Gasteiger partial charge < -0.3 is 0 Å². The van der Waals surface area contributed by atoms with Crippen LogP contribution in [-0.4, -0.2) is 9.97 Å². The summed E-state index contributed by atoms with van der Waals surface area (Å²) in [4.78, 5) is 9.63. The lowest BCUT2D eigenvalue weighted by molar-refractivity contribution is 1.33. The highest BCUT2D eigenvalue weighted by atomic mass is 14.7. The first-order valence-corrected chi connectivity index (χ1v) is 24.1. The second-order valence-corrected chi connectivity index (χ2v) is 18.6. The highest BCUT2D eigenvalue weighted by molar-refractivity contribution is 6.47. The number of hydrogen-bond donors (Lipinski definition) is 0. The fourth-order valence-electron chi connectivity index (χ4n) is 12.2. The summed E-state index contributed by atoms with van der Waals surface area (Å²) in [7, 11) is 0. The van der Waals surface area contributed by atoms with E-state index in [0.29, 0.717) is 0 Å². The number of benzene rings is 11. The first-order valence-electron chi connectivity index (χ1n) is 24.1. The molecule has 2 heterocycles. The van der Waals surface area contributed by atoms with Gasteiger partial charge in [0, 0.05) is 23.5 Å². The molecule has 0 bridgehead atoms. The molecule has 2 heteroatoms. The zero-order valence-corrected chi connectivity index (χ0v) is 38.0. The molecule has 0 saturated heterocycles. The van der Waals surface area contributed by atoms with Gasteiger partial charge in [-0.25, -0.2) is 0 Å². The van der Waals surface area contributed by atoms with Crippen LogP contribution in [0.3, 0.4) is 0 Å². The first kappa shape index (κ1) is 38.8. The van der Waals surface area contributed by atoms with Crippen molar-refractivity contribution in [1.82, 2.24) is 9.97 Å². The zero-order chi connectivity index (χ0) is 45.9. The van der Waals surface area contributed by atoms with Gasteiger partial charge in [-0.15, -0.1) is 0 Å². The van der Waals surface area contributed by atoms with Crippen LogP contribution in [0.1, 0.15) is 0 Å². The van der Waals surface area contributed by atoms with E-state index in [4.69, 9.17) is 9.97 Å². The molecular formula is C68H40N2. The van der Waals surface area contributed by atoms with Crippen LogP contribution in [0.15, 0.2) is 243 Å². The van der Waals surface area contributed by atoms with E-state index in [9.17, 15) is 0 Å². The Morgan fingerprint density at radius 1 is 0.214 bits per heavy atom. The van der Waals surface area contributed by atoms with E-state index in [2.05, 4.69) is 218 Å². The van der Waals surface area contributed by atoms with E-state index in [1.165, 1.54) is 131 Å². The average molecular weight is 885 g/mol. The van der Waals surface area contributed by atoms with Crippen molar-refractivity contribution in [2.45, 2.75) is 0 Å². The Morgan fingerprint density at radius 2 is 0.786 bits per heavy atom. The molecule has 0 aliphatic rings. The molecule has 322 valence electrons. The van der Waals surface area contributed by atoms with Crippen LogP contribution in [0.5, 0.6) is 0 Å². The maximum absolute atomic E-state index is 4.87. The van der Waals surface area contributed by atoms with Crippen molar-refractivity contribution in [3.05, 3.63) is 243 Å². The Kier molecular flexibility index (Phi) is 8.39. The Bertz CT molecular complexity index is 4540. The van der Waals surface area contributed by atoms with Crippen LogP contribution in [0.25, 0.3) is 153 Å². The van der Waals surface area contributed by atoms with Crippen LogP contribution >= 0.6 is 0 Å². The number of pyridine rings is 2. The third-order valence-electron chi connectivity index (χ3n) is 15.0. The Morgan fingerprint density at radius 3 is 1.51 bits per heavy atom. The molecule has 0 aliphatic heterocycles. The summed E-state index contributed by atoms with van der Waals surface area (Å²) < 4.78 is 0. The average Bonchev–Trinajstić information content (AvgIpc) is 3.93. The van der Waals surface area contributed by atoms with Gasteiger partial charge in [0.15, 0.2) is 0 Å². The number of hydrogen-bond acceptors (Lipinski definition) is 2. The maximum Gasteiger partial charge on any atom is 0.0708 e. The lowest BCUT2D eigenvalue weighted by Gasteiger charge is -2.19. The smallest absolute Gasteiger partial charge is 0.0708 e. The monoisotopic (exact) mass is 884 g/mol. The van der Waals surface area contributed by atoms with Crippen molar-refractivity contribution in [3.63, 3.8) is 0 Å². The summed E-state index contributed by atoms with van der Waals surface area (Å²) >= 11 is 0. The molecule has 0 N–H and O–H groups in total. The summed E-state index contributed by atoms with van der Waals surface area (Å²) in [6.45, 7) is 0. The maximum atomic E-state index is 4.87. The molecule has 0 unspecified atom stereocenters. The van der Waals surface area contributed by atoms with Gasteiger partial charge in [0.25, 0.3) is 0 Å². The lowest BCUT2D eigenvalue weighted by Crippen LogP contribution is -1.91. The molecule has 2 aromatic heterocycles. The third kappa shape index (κ3) is 5.56. The molecule has 0 saturated carbocycles. The first-order chi connectivity index (χ1) is 34.8. The van der Waals surface area contributed by atoms with Crippen LogP contribution in [0.2, 0.25) is 0 Å². The molecule has 0 aliphatic carbocycles. The minimum Gasteiger partial charge on any atom is -0.256 e. The largest absolute Gasteiger partial charge is 0.256 e. The summed E-state index contributed by atoms with van der Waals surface area (Å²) in [5, 5.41) is 20.4. The predicted molar refractivity (Wildman–Crippen MR) is 297 cm³/mol. The Hall–Kier alpha value is -9.24. The van der Waals surface area contributed by atoms with Crippen molar-refractivity contribution in [2.24, 2.45) is 0 Å². The van der Waals surface area contributed by atoms with Crippen molar-refractivity contribution < 1.29 is 0 Å². The van der Waals surface area contributed by atoms with Gasteiger partial charge in [0.05, 0.1) is 11.4 Å². The number of rotatable bonds is 6. The highest BCUT2D eigenvalue weighted by Gasteiger charge is 2.28. The van der Waals surface area contributed by atoms with Crippen molar-refractivity contribution in [2.75, 3.05) is 0 Å². The zero-order valence-electron chi connectivity index (χ0n) is 38.0. The van der Waals surface area contributed by atoms with Gasteiger partial charge >= 0.3 is 0 Å². The normalized spacial score (nSPS) is 12.0. The fraction of sp³-hybridized carbons (Fsp3) is 0. The van der Waals surface area contributed by atoms with Crippen molar-refractivity contribution in [3.8, 4) is 67.0 Å². The Labute approximate surface area is 404 Å². The van der Waals surface area contributed by atoms with Crippen LogP contribution in [0.4, 0.5) is 0 Å². The quantitative estimate of drug-likeness (QED) is 0.156. The molecule has 70 heavy (non-hydrogen) atoms. The summed E-state index contributed by atoms with van der Waals surface area (Å²) in [6.07, 6.45) is 3.77. The number of nitrogens with zero attached hydrogens (tertiary/aromatic N) is 2. The third-order valence-corrected chi connectivity index (χ3v) is 15.0. The van der Waals surface area contributed by atoms with E-state index < -0.39 is 0 Å². The summed E-state index contributed by atoms with van der Waals surface area (Å²) in [5.41, 5.74) is 13.9. The molecule has 0 atom stereocenters. The second-order valence-electron chi connectivity index (χ2n) is 18.6. The van der Waals surface area contributed by atoms with E-state index in [1.54, 1.807) is 0 Å². The number of aromatic nitrogens is 2. The molecule has 0 amide bonds. The molecular weight excluding hydrogens is 845 g/mol. The van der Waals surface area contributed by atoms with Gasteiger partial charge in [-0.1, -0.05) is 188 Å². The van der Waals surface area contributed by atoms with Crippen LogP contribution < -0.4 is 0 Å². The van der Waals surface area contributed by atoms with Crippen LogP contribution in [-0.2, 0) is 0 Å². The molecule has 2 nitrogen and oxygen atoms in total. The van der Waals surface area contributed by atoms with Gasteiger partial charge in [0.2, 0.25) is 0 Å². The summed E-state index contributed by atoms with van der Waals surface area (Å²) in [6, 6.07) is 85.0. The number of fused-ring (bicyclic) bond motifs is 10. The minimum atomic E-state index is 0.966. The molecule has 13 aromatic carbocycles. The van der Waals surface area contributed by atoms with Gasteiger partial charge in [-0.05, 0) is 173 Å². The second kappa shape index (κ2) is 15.1. The van der Waals surface area contributed by atoms with E-state index in [1.807, 2.05) is 24.5 Å². The standard InChI is InChI=1S/C68H40N2/c1-3-18-41(19-4-1)61-58-40-56-48-33-32-44(45-23-9-11-26-49(45)59-30-13-15-36-69-59)38-55(48)51-28-17-29-53(63(51)56)65(58)62(42-20-5-2-6-21-42)68-57-39-43-22-7-8-24-46(43)64-52(34-35-54(66(57)64)67(61)68)47-25-10-12-27-50(47)60-31-14-16-37-70-60/h1-40H. The van der Waals surface area contributed by atoms with E-state index in [0.717, 1.165) is 22.5 Å². The molecule has 0 spiro atoms. The SMILES string of the molecule is c1ccc(-c2c3cc4c5ccc(-c6ccccc6-c6ccccn6)cc5c5cccc(c3c(-c3ccccc3)c3c6cc7ccccc7c7c(-c8ccccc8-c8ccccn8)ccc(c23)c67)c54)cc1. The topological polar surface area (TPSA) is 25.8 Å². The summed E-state index contributed by atoms with van der Waals surface area (Å²) in [5.74, 6) is 0. The van der Waals surface area contributed by atoms with Gasteiger partial charge in [-0.2, -0.15) is 0 Å². The van der Waals surface area contributed by atoms with Crippen molar-refractivity contribution >= 4 is 86.2 Å². The molecule has 0 radical (unpaired) electrons. The van der Waals surface area contributed by atoms with Gasteiger partial charge in [-0.3, -0.25) is 9.97 Å². The lowest BCUT2D eigenvalue weighted by atomic mass is 9.84. The van der Waals surface area contributed by atoms with Crippen molar-refractivity contribution in [1.29, 1.82) is 0 Å². The van der Waals surface area contributed by atoms with Crippen LogP contribution in [0, 0.1) is 0 Å².